The van der Waals surface area contributed by atoms with Gasteiger partial charge in [0, 0.05) is 43.6 Å². The maximum absolute atomic E-state index is 13.3. The van der Waals surface area contributed by atoms with Crippen LogP contribution in [0.2, 0.25) is 0 Å². The van der Waals surface area contributed by atoms with Gasteiger partial charge in [0.2, 0.25) is 0 Å². The maximum Gasteiger partial charge on any atom is 0.321 e. The molecule has 1 fully saturated rings. The van der Waals surface area contributed by atoms with E-state index >= 15 is 0 Å². The van der Waals surface area contributed by atoms with Crippen LogP contribution in [0.3, 0.4) is 0 Å². The zero-order valence-electron chi connectivity index (χ0n) is 15.4. The van der Waals surface area contributed by atoms with Crippen LogP contribution in [0.5, 0.6) is 5.75 Å². The van der Waals surface area contributed by atoms with Gasteiger partial charge in [-0.3, -0.25) is 0 Å². The average molecular weight is 375 g/mol. The number of amides is 2. The molecule has 0 aromatic heterocycles. The van der Waals surface area contributed by atoms with E-state index in [4.69, 9.17) is 4.74 Å². The van der Waals surface area contributed by atoms with E-state index in [1.165, 1.54) is 6.07 Å². The van der Waals surface area contributed by atoms with E-state index in [1.54, 1.807) is 4.90 Å². The Hall–Kier alpha value is -2.83. The van der Waals surface area contributed by atoms with Crippen molar-refractivity contribution in [3.05, 3.63) is 54.1 Å². The van der Waals surface area contributed by atoms with E-state index in [2.05, 4.69) is 10.2 Å². The summed E-state index contributed by atoms with van der Waals surface area (Å²) in [6.07, 6.45) is 0.132. The molecule has 1 saturated heterocycles. The normalized spacial score (nSPS) is 14.4. The van der Waals surface area contributed by atoms with Gasteiger partial charge in [-0.05, 0) is 50.2 Å². The van der Waals surface area contributed by atoms with E-state index in [-0.39, 0.29) is 17.8 Å². The molecule has 0 unspecified atom stereocenters. The van der Waals surface area contributed by atoms with Crippen molar-refractivity contribution in [3.63, 3.8) is 0 Å². The lowest BCUT2D eigenvalue weighted by Gasteiger charge is -2.36. The Balaban J connectivity index is 1.53. The van der Waals surface area contributed by atoms with Crippen molar-refractivity contribution in [1.82, 2.24) is 4.90 Å². The second-order valence-electron chi connectivity index (χ2n) is 6.69. The van der Waals surface area contributed by atoms with Gasteiger partial charge in [0.25, 0.3) is 0 Å². The Morgan fingerprint density at radius 2 is 1.67 bits per heavy atom. The molecule has 2 aromatic carbocycles. The predicted molar refractivity (Wildman–Crippen MR) is 101 cm³/mol. The summed E-state index contributed by atoms with van der Waals surface area (Å²) >= 11 is 0. The molecule has 7 heteroatoms. The van der Waals surface area contributed by atoms with E-state index in [0.29, 0.717) is 26.2 Å². The molecule has 27 heavy (non-hydrogen) atoms. The standard InChI is InChI=1S/C20H23F2N3O2/c1-14(2)27-17-6-4-16(5-7-17)24-9-11-25(12-10-24)20(26)23-15-3-8-18(21)19(22)13-15/h3-8,13-14H,9-12H2,1-2H3,(H,23,26). The van der Waals surface area contributed by atoms with Crippen molar-refractivity contribution < 1.29 is 18.3 Å². The first-order chi connectivity index (χ1) is 12.9. The van der Waals surface area contributed by atoms with Gasteiger partial charge in [0.1, 0.15) is 5.75 Å². The highest BCUT2D eigenvalue weighted by atomic mass is 19.2. The number of piperazine rings is 1. The molecule has 5 nitrogen and oxygen atoms in total. The smallest absolute Gasteiger partial charge is 0.321 e. The van der Waals surface area contributed by atoms with Crippen LogP contribution >= 0.6 is 0 Å². The first kappa shape index (κ1) is 18.9. The summed E-state index contributed by atoms with van der Waals surface area (Å²) < 4.78 is 31.9. The van der Waals surface area contributed by atoms with Crippen LogP contribution < -0.4 is 15.0 Å². The molecule has 144 valence electrons. The van der Waals surface area contributed by atoms with E-state index in [0.717, 1.165) is 23.6 Å². The number of carbonyl (C=O) groups excluding carboxylic acids is 1. The number of hydrogen-bond acceptors (Lipinski definition) is 3. The number of nitrogens with zero attached hydrogens (tertiary/aromatic N) is 2. The van der Waals surface area contributed by atoms with Crippen LogP contribution in [-0.4, -0.2) is 43.2 Å². The number of hydrogen-bond donors (Lipinski definition) is 1. The third kappa shape index (κ3) is 4.87. The Bertz CT molecular complexity index is 788. The predicted octanol–water partition coefficient (Wildman–Crippen LogP) is 4.11. The second kappa shape index (κ2) is 8.24. The van der Waals surface area contributed by atoms with Gasteiger partial charge in [-0.1, -0.05) is 0 Å². The first-order valence-corrected chi connectivity index (χ1v) is 8.95. The van der Waals surface area contributed by atoms with Gasteiger partial charge < -0.3 is 19.9 Å². The fourth-order valence-electron chi connectivity index (χ4n) is 2.95. The summed E-state index contributed by atoms with van der Waals surface area (Å²) in [5.41, 5.74) is 1.31. The number of benzene rings is 2. The molecular weight excluding hydrogens is 352 g/mol. The molecule has 0 spiro atoms. The fourth-order valence-corrected chi connectivity index (χ4v) is 2.95. The topological polar surface area (TPSA) is 44.8 Å². The van der Waals surface area contributed by atoms with Gasteiger partial charge in [-0.15, -0.1) is 0 Å². The van der Waals surface area contributed by atoms with Crippen molar-refractivity contribution in [2.24, 2.45) is 0 Å². The molecule has 2 amide bonds. The quantitative estimate of drug-likeness (QED) is 0.875. The zero-order valence-corrected chi connectivity index (χ0v) is 15.4. The van der Waals surface area contributed by atoms with E-state index in [1.807, 2.05) is 38.1 Å². The highest BCUT2D eigenvalue weighted by molar-refractivity contribution is 5.89. The van der Waals surface area contributed by atoms with Crippen molar-refractivity contribution in [2.75, 3.05) is 36.4 Å². The third-order valence-electron chi connectivity index (χ3n) is 4.31. The second-order valence-corrected chi connectivity index (χ2v) is 6.69. The average Bonchev–Trinajstić information content (AvgIpc) is 2.65. The van der Waals surface area contributed by atoms with Crippen LogP contribution in [0.25, 0.3) is 0 Å². The Morgan fingerprint density at radius 1 is 1.00 bits per heavy atom. The lowest BCUT2D eigenvalue weighted by atomic mass is 10.2. The number of urea groups is 1. The lowest BCUT2D eigenvalue weighted by Crippen LogP contribution is -2.50. The molecule has 0 radical (unpaired) electrons. The molecule has 0 saturated carbocycles. The molecule has 0 bridgehead atoms. The van der Waals surface area contributed by atoms with Gasteiger partial charge in [0.05, 0.1) is 6.10 Å². The van der Waals surface area contributed by atoms with Gasteiger partial charge >= 0.3 is 6.03 Å². The SMILES string of the molecule is CC(C)Oc1ccc(N2CCN(C(=O)Nc3ccc(F)c(F)c3)CC2)cc1. The number of rotatable bonds is 4. The van der Waals surface area contributed by atoms with Crippen molar-refractivity contribution in [2.45, 2.75) is 20.0 Å². The molecule has 0 aliphatic carbocycles. The zero-order chi connectivity index (χ0) is 19.4. The van der Waals surface area contributed by atoms with Crippen LogP contribution in [0.4, 0.5) is 25.0 Å². The molecule has 1 N–H and O–H groups in total. The Labute approximate surface area is 157 Å². The van der Waals surface area contributed by atoms with Crippen LogP contribution in [0.1, 0.15) is 13.8 Å². The fraction of sp³-hybridized carbons (Fsp3) is 0.350. The van der Waals surface area contributed by atoms with Gasteiger partial charge in [0.15, 0.2) is 11.6 Å². The van der Waals surface area contributed by atoms with Crippen molar-refractivity contribution in [3.8, 4) is 5.75 Å². The molecule has 1 aliphatic rings. The molecule has 3 rings (SSSR count). The van der Waals surface area contributed by atoms with E-state index in [9.17, 15) is 13.6 Å². The summed E-state index contributed by atoms with van der Waals surface area (Å²) in [4.78, 5) is 16.2. The van der Waals surface area contributed by atoms with Gasteiger partial charge in [-0.2, -0.15) is 0 Å². The minimum absolute atomic E-state index is 0.132. The molecule has 0 atom stereocenters. The molecule has 2 aromatic rings. The molecular formula is C20H23F2N3O2. The molecule has 1 aliphatic heterocycles. The minimum Gasteiger partial charge on any atom is -0.491 e. The molecule has 1 heterocycles. The number of ether oxygens (including phenoxy) is 1. The summed E-state index contributed by atoms with van der Waals surface area (Å²) in [7, 11) is 0. The number of nitrogens with one attached hydrogen (secondary N) is 1. The van der Waals surface area contributed by atoms with Crippen LogP contribution in [0, 0.1) is 11.6 Å². The summed E-state index contributed by atoms with van der Waals surface area (Å²) in [5.74, 6) is -1.09. The monoisotopic (exact) mass is 375 g/mol. The summed E-state index contributed by atoms with van der Waals surface area (Å²) in [6, 6.07) is 10.9. The largest absolute Gasteiger partial charge is 0.491 e. The summed E-state index contributed by atoms with van der Waals surface area (Å²) in [6.45, 7) is 6.43. The third-order valence-corrected chi connectivity index (χ3v) is 4.31. The minimum atomic E-state index is -0.984. The Morgan fingerprint density at radius 3 is 2.26 bits per heavy atom. The van der Waals surface area contributed by atoms with Crippen LogP contribution in [-0.2, 0) is 0 Å². The number of halogens is 2. The Kier molecular flexibility index (Phi) is 5.78. The highest BCUT2D eigenvalue weighted by Gasteiger charge is 2.21. The van der Waals surface area contributed by atoms with Crippen molar-refractivity contribution in [1.29, 1.82) is 0 Å². The summed E-state index contributed by atoms with van der Waals surface area (Å²) in [5, 5.41) is 2.61. The number of anilines is 2. The first-order valence-electron chi connectivity index (χ1n) is 8.95. The lowest BCUT2D eigenvalue weighted by molar-refractivity contribution is 0.208. The van der Waals surface area contributed by atoms with Crippen LogP contribution in [0.15, 0.2) is 42.5 Å². The van der Waals surface area contributed by atoms with Crippen molar-refractivity contribution >= 4 is 17.4 Å². The van der Waals surface area contributed by atoms with Gasteiger partial charge in [-0.25, -0.2) is 13.6 Å². The maximum atomic E-state index is 13.3. The highest BCUT2D eigenvalue weighted by Crippen LogP contribution is 2.22. The number of carbonyl (C=O) groups is 1. The van der Waals surface area contributed by atoms with E-state index < -0.39 is 11.6 Å².